The Kier molecular flexibility index (Phi) is 10.2. The SMILES string of the molecule is COCCCOc1cc(C(=O)NC2CC[C@@H](CCO)N(C(=O)OC(C)(C)C)C2)ccc1OC. The molecule has 2 N–H and O–H groups in total. The first-order chi connectivity index (χ1) is 15.7. The van der Waals surface area contributed by atoms with E-state index in [1.807, 2.05) is 20.8 Å². The van der Waals surface area contributed by atoms with E-state index in [9.17, 15) is 14.7 Å². The highest BCUT2D eigenvalue weighted by atomic mass is 16.6. The number of piperidine rings is 1. The van der Waals surface area contributed by atoms with Gasteiger partial charge >= 0.3 is 6.09 Å². The highest BCUT2D eigenvalue weighted by Gasteiger charge is 2.34. The molecule has 1 saturated heterocycles. The van der Waals surface area contributed by atoms with Crippen LogP contribution in [0.15, 0.2) is 18.2 Å². The van der Waals surface area contributed by atoms with Gasteiger partial charge in [0.05, 0.1) is 13.7 Å². The van der Waals surface area contributed by atoms with Crippen molar-refractivity contribution in [3.05, 3.63) is 23.8 Å². The Hall–Kier alpha value is -2.52. The van der Waals surface area contributed by atoms with Crippen LogP contribution in [0.4, 0.5) is 4.79 Å². The van der Waals surface area contributed by atoms with Crippen LogP contribution in [0.2, 0.25) is 0 Å². The minimum atomic E-state index is -0.625. The first kappa shape index (κ1) is 26.7. The van der Waals surface area contributed by atoms with Crippen LogP contribution < -0.4 is 14.8 Å². The number of aliphatic hydroxyl groups is 1. The maximum Gasteiger partial charge on any atom is 0.410 e. The molecule has 2 rings (SSSR count). The number of aliphatic hydroxyl groups excluding tert-OH is 1. The first-order valence-electron chi connectivity index (χ1n) is 11.4. The number of likely N-dealkylation sites (tertiary alicyclic amines) is 1. The predicted molar refractivity (Wildman–Crippen MR) is 124 cm³/mol. The van der Waals surface area contributed by atoms with E-state index in [4.69, 9.17) is 18.9 Å². The number of hydrogen-bond donors (Lipinski definition) is 2. The van der Waals surface area contributed by atoms with E-state index >= 15 is 0 Å². The second kappa shape index (κ2) is 12.6. The summed E-state index contributed by atoms with van der Waals surface area (Å²) in [4.78, 5) is 27.3. The number of amides is 2. The largest absolute Gasteiger partial charge is 0.493 e. The summed E-state index contributed by atoms with van der Waals surface area (Å²) in [6, 6.07) is 4.69. The van der Waals surface area contributed by atoms with Gasteiger partial charge in [-0.1, -0.05) is 0 Å². The minimum absolute atomic E-state index is 0.0139. The molecular formula is C24H38N2O7. The second-order valence-electron chi connectivity index (χ2n) is 9.11. The van der Waals surface area contributed by atoms with Gasteiger partial charge in [-0.2, -0.15) is 0 Å². The van der Waals surface area contributed by atoms with Gasteiger partial charge in [0.2, 0.25) is 0 Å². The second-order valence-corrected chi connectivity index (χ2v) is 9.11. The standard InChI is InChI=1S/C24H38N2O7/c1-24(2,3)33-23(29)26-16-18(8-9-19(26)11-12-27)25-22(28)17-7-10-20(31-5)21(15-17)32-14-6-13-30-4/h7,10,15,18-19,27H,6,8-9,11-14,16H2,1-5H3,(H,25,28)/t18?,19-/m0/s1. The van der Waals surface area contributed by atoms with Crippen molar-refractivity contribution in [1.29, 1.82) is 0 Å². The van der Waals surface area contributed by atoms with Gasteiger partial charge < -0.3 is 34.3 Å². The number of nitrogens with zero attached hydrogens (tertiary/aromatic N) is 1. The molecule has 0 saturated carbocycles. The lowest BCUT2D eigenvalue weighted by Gasteiger charge is -2.40. The minimum Gasteiger partial charge on any atom is -0.493 e. The molecule has 9 heteroatoms. The molecule has 2 atom stereocenters. The number of hydrogen-bond acceptors (Lipinski definition) is 7. The summed E-state index contributed by atoms with van der Waals surface area (Å²) in [5, 5.41) is 12.4. The van der Waals surface area contributed by atoms with E-state index in [0.717, 1.165) is 0 Å². The van der Waals surface area contributed by atoms with Gasteiger partial charge in [-0.25, -0.2) is 4.79 Å². The van der Waals surface area contributed by atoms with Gasteiger partial charge in [-0.15, -0.1) is 0 Å². The van der Waals surface area contributed by atoms with E-state index in [1.54, 1.807) is 37.3 Å². The summed E-state index contributed by atoms with van der Waals surface area (Å²) in [5.41, 5.74) is -0.182. The summed E-state index contributed by atoms with van der Waals surface area (Å²) < 4.78 is 21.7. The van der Waals surface area contributed by atoms with Crippen LogP contribution >= 0.6 is 0 Å². The van der Waals surface area contributed by atoms with E-state index in [0.29, 0.717) is 62.5 Å². The lowest BCUT2D eigenvalue weighted by Crippen LogP contribution is -2.55. The maximum absolute atomic E-state index is 13.0. The maximum atomic E-state index is 13.0. The lowest BCUT2D eigenvalue weighted by molar-refractivity contribution is 0.00287. The van der Waals surface area contributed by atoms with Crippen molar-refractivity contribution >= 4 is 12.0 Å². The zero-order valence-electron chi connectivity index (χ0n) is 20.4. The fraction of sp³-hybridized carbons (Fsp3) is 0.667. The van der Waals surface area contributed by atoms with Crippen LogP contribution in [-0.2, 0) is 9.47 Å². The van der Waals surface area contributed by atoms with Crippen LogP contribution in [0.3, 0.4) is 0 Å². The first-order valence-corrected chi connectivity index (χ1v) is 11.4. The molecule has 0 aliphatic carbocycles. The van der Waals surface area contributed by atoms with Crippen molar-refractivity contribution in [2.75, 3.05) is 40.6 Å². The number of nitrogens with one attached hydrogen (secondary N) is 1. The number of benzene rings is 1. The fourth-order valence-corrected chi connectivity index (χ4v) is 3.72. The highest BCUT2D eigenvalue weighted by molar-refractivity contribution is 5.95. The molecule has 0 bridgehead atoms. The molecule has 186 valence electrons. The van der Waals surface area contributed by atoms with E-state index in [1.165, 1.54) is 0 Å². The van der Waals surface area contributed by atoms with E-state index < -0.39 is 11.7 Å². The molecule has 33 heavy (non-hydrogen) atoms. The third-order valence-electron chi connectivity index (χ3n) is 5.31. The quantitative estimate of drug-likeness (QED) is 0.511. The topological polar surface area (TPSA) is 107 Å². The lowest BCUT2D eigenvalue weighted by atomic mass is 9.96. The van der Waals surface area contributed by atoms with Crippen molar-refractivity contribution in [2.24, 2.45) is 0 Å². The van der Waals surface area contributed by atoms with Crippen LogP contribution in [0.25, 0.3) is 0 Å². The van der Waals surface area contributed by atoms with Crippen molar-refractivity contribution in [3.63, 3.8) is 0 Å². The Morgan fingerprint density at radius 3 is 2.55 bits per heavy atom. The summed E-state index contributed by atoms with van der Waals surface area (Å²) in [6.07, 6.45) is 2.12. The fourth-order valence-electron chi connectivity index (χ4n) is 3.72. The number of methoxy groups -OCH3 is 2. The number of rotatable bonds is 10. The third-order valence-corrected chi connectivity index (χ3v) is 5.31. The predicted octanol–water partition coefficient (Wildman–Crippen LogP) is 2.99. The Morgan fingerprint density at radius 1 is 1.15 bits per heavy atom. The van der Waals surface area contributed by atoms with Crippen molar-refractivity contribution in [3.8, 4) is 11.5 Å². The molecule has 2 amide bonds. The van der Waals surface area contributed by atoms with Crippen LogP contribution in [0.5, 0.6) is 11.5 Å². The Labute approximate surface area is 196 Å². The summed E-state index contributed by atoms with van der Waals surface area (Å²) in [5.74, 6) is 0.780. The van der Waals surface area contributed by atoms with Crippen molar-refractivity contribution in [1.82, 2.24) is 10.2 Å². The zero-order chi connectivity index (χ0) is 24.4. The molecule has 0 aromatic heterocycles. The van der Waals surface area contributed by atoms with Gasteiger partial charge in [0.1, 0.15) is 5.60 Å². The average Bonchev–Trinajstić information content (AvgIpc) is 2.76. The molecule has 1 fully saturated rings. The number of carbonyl (C=O) groups is 2. The molecule has 1 aromatic carbocycles. The molecule has 1 unspecified atom stereocenters. The number of ether oxygens (including phenoxy) is 4. The molecule has 0 spiro atoms. The summed E-state index contributed by atoms with van der Waals surface area (Å²) in [6.45, 7) is 6.77. The monoisotopic (exact) mass is 466 g/mol. The van der Waals surface area contributed by atoms with Gasteiger partial charge in [0.15, 0.2) is 11.5 Å². The molecule has 0 radical (unpaired) electrons. The summed E-state index contributed by atoms with van der Waals surface area (Å²) in [7, 11) is 3.18. The zero-order valence-corrected chi connectivity index (χ0v) is 20.4. The van der Waals surface area contributed by atoms with Gasteiger partial charge in [-0.3, -0.25) is 4.79 Å². The molecular weight excluding hydrogens is 428 g/mol. The molecule has 1 aliphatic rings. The van der Waals surface area contributed by atoms with Gasteiger partial charge in [-0.05, 0) is 58.2 Å². The van der Waals surface area contributed by atoms with Crippen molar-refractivity contribution in [2.45, 2.75) is 64.1 Å². The third kappa shape index (κ3) is 8.40. The Morgan fingerprint density at radius 2 is 1.91 bits per heavy atom. The Bertz CT molecular complexity index is 779. The Balaban J connectivity index is 2.06. The summed E-state index contributed by atoms with van der Waals surface area (Å²) >= 11 is 0. The normalized spacial score (nSPS) is 18.5. The molecule has 9 nitrogen and oxygen atoms in total. The van der Waals surface area contributed by atoms with Gasteiger partial charge in [0, 0.05) is 50.9 Å². The average molecular weight is 467 g/mol. The van der Waals surface area contributed by atoms with Crippen LogP contribution in [0, 0.1) is 0 Å². The van der Waals surface area contributed by atoms with Crippen LogP contribution in [0.1, 0.15) is 56.8 Å². The highest BCUT2D eigenvalue weighted by Crippen LogP contribution is 2.29. The number of carbonyl (C=O) groups excluding carboxylic acids is 2. The van der Waals surface area contributed by atoms with E-state index in [-0.39, 0.29) is 24.6 Å². The van der Waals surface area contributed by atoms with Gasteiger partial charge in [0.25, 0.3) is 5.91 Å². The molecule has 1 aliphatic heterocycles. The smallest absolute Gasteiger partial charge is 0.410 e. The van der Waals surface area contributed by atoms with Crippen LogP contribution in [-0.4, -0.2) is 80.3 Å². The molecule has 1 aromatic rings. The van der Waals surface area contributed by atoms with Crippen molar-refractivity contribution < 1.29 is 33.6 Å². The molecule has 1 heterocycles. The van der Waals surface area contributed by atoms with E-state index in [2.05, 4.69) is 5.32 Å².